The quantitative estimate of drug-likeness (QED) is 0.537. The molecule has 0 aliphatic heterocycles. The predicted octanol–water partition coefficient (Wildman–Crippen LogP) is 4.22. The highest BCUT2D eigenvalue weighted by Crippen LogP contribution is 2.15. The molecule has 0 aromatic heterocycles. The van der Waals surface area contributed by atoms with E-state index >= 15 is 0 Å². The second-order valence-electron chi connectivity index (χ2n) is 4.01. The van der Waals surface area contributed by atoms with Gasteiger partial charge in [0.2, 0.25) is 0 Å². The standard InChI is InChI=1S/C13H21P.ClH/c1-4-5-6-7-14-13-9-11(2)8-12(3)10-13;/h8-10,14H,4-7H2,1-3H3;1H. The van der Waals surface area contributed by atoms with Crippen molar-refractivity contribution in [3.63, 3.8) is 0 Å². The van der Waals surface area contributed by atoms with Crippen LogP contribution in [0.2, 0.25) is 0 Å². The van der Waals surface area contributed by atoms with Crippen LogP contribution in [0, 0.1) is 13.8 Å². The first-order chi connectivity index (χ1) is 6.72. The van der Waals surface area contributed by atoms with Crippen molar-refractivity contribution in [1.29, 1.82) is 0 Å². The molecule has 0 radical (unpaired) electrons. The summed E-state index contributed by atoms with van der Waals surface area (Å²) in [5.74, 6) is 0. The van der Waals surface area contributed by atoms with Crippen molar-refractivity contribution in [2.45, 2.75) is 40.0 Å². The summed E-state index contributed by atoms with van der Waals surface area (Å²) in [5.41, 5.74) is 2.81. The van der Waals surface area contributed by atoms with Crippen molar-refractivity contribution in [2.24, 2.45) is 0 Å². The minimum absolute atomic E-state index is 0. The van der Waals surface area contributed by atoms with Gasteiger partial charge in [-0.25, -0.2) is 0 Å². The van der Waals surface area contributed by atoms with Crippen LogP contribution in [0.15, 0.2) is 18.2 Å². The zero-order valence-corrected chi connectivity index (χ0v) is 11.8. The van der Waals surface area contributed by atoms with E-state index in [1.807, 2.05) is 0 Å². The Hall–Kier alpha value is -0.0600. The summed E-state index contributed by atoms with van der Waals surface area (Å²) >= 11 is 0. The van der Waals surface area contributed by atoms with E-state index in [0.29, 0.717) is 0 Å². The molecule has 0 nitrogen and oxygen atoms in total. The van der Waals surface area contributed by atoms with Gasteiger partial charge in [-0.1, -0.05) is 57.7 Å². The third-order valence-electron chi connectivity index (χ3n) is 2.33. The summed E-state index contributed by atoms with van der Waals surface area (Å²) in [6.07, 6.45) is 5.48. The van der Waals surface area contributed by atoms with E-state index < -0.39 is 0 Å². The van der Waals surface area contributed by atoms with Crippen LogP contribution in [-0.2, 0) is 0 Å². The summed E-state index contributed by atoms with van der Waals surface area (Å²) in [6.45, 7) is 6.64. The lowest BCUT2D eigenvalue weighted by Crippen LogP contribution is -1.97. The maximum atomic E-state index is 2.33. The van der Waals surface area contributed by atoms with Gasteiger partial charge < -0.3 is 0 Å². The molecule has 1 atom stereocenters. The fourth-order valence-electron chi connectivity index (χ4n) is 1.68. The molecule has 0 N–H and O–H groups in total. The first kappa shape index (κ1) is 14.9. The Balaban J connectivity index is 0.00000196. The minimum atomic E-state index is 0. The average molecular weight is 245 g/mol. The highest BCUT2D eigenvalue weighted by Gasteiger charge is 1.95. The van der Waals surface area contributed by atoms with Gasteiger partial charge in [-0.2, -0.15) is 0 Å². The molecule has 1 rings (SSSR count). The number of benzene rings is 1. The molecular weight excluding hydrogens is 223 g/mol. The predicted molar refractivity (Wildman–Crippen MR) is 75.5 cm³/mol. The molecule has 1 unspecified atom stereocenters. The Morgan fingerprint density at radius 2 is 1.60 bits per heavy atom. The molecule has 0 saturated heterocycles. The summed E-state index contributed by atoms with van der Waals surface area (Å²) in [4.78, 5) is 0. The average Bonchev–Trinajstić information content (AvgIpc) is 2.11. The molecule has 86 valence electrons. The molecule has 15 heavy (non-hydrogen) atoms. The molecule has 1 aromatic carbocycles. The summed E-state index contributed by atoms with van der Waals surface area (Å²) in [6, 6.07) is 6.91. The Morgan fingerprint density at radius 1 is 1.00 bits per heavy atom. The van der Waals surface area contributed by atoms with Crippen molar-refractivity contribution in [1.82, 2.24) is 0 Å². The molecule has 1 aromatic rings. The van der Waals surface area contributed by atoms with Gasteiger partial charge in [0.15, 0.2) is 0 Å². The van der Waals surface area contributed by atoms with E-state index in [1.165, 1.54) is 36.6 Å². The lowest BCUT2D eigenvalue weighted by atomic mass is 10.2. The second kappa shape index (κ2) is 8.13. The number of hydrogen-bond donors (Lipinski definition) is 0. The molecule has 0 saturated carbocycles. The van der Waals surface area contributed by atoms with Gasteiger partial charge in [-0.15, -0.1) is 12.4 Å². The lowest BCUT2D eigenvalue weighted by molar-refractivity contribution is 0.778. The number of hydrogen-bond acceptors (Lipinski definition) is 0. The van der Waals surface area contributed by atoms with Crippen molar-refractivity contribution in [2.75, 3.05) is 6.16 Å². The molecule has 0 fully saturated rings. The second-order valence-corrected chi connectivity index (χ2v) is 5.44. The van der Waals surface area contributed by atoms with Gasteiger partial charge >= 0.3 is 0 Å². The lowest BCUT2D eigenvalue weighted by Gasteiger charge is -2.04. The van der Waals surface area contributed by atoms with Gasteiger partial charge in [-0.3, -0.25) is 0 Å². The van der Waals surface area contributed by atoms with Crippen LogP contribution in [-0.4, -0.2) is 6.16 Å². The zero-order chi connectivity index (χ0) is 10.4. The Morgan fingerprint density at radius 3 is 2.13 bits per heavy atom. The smallest absolute Gasteiger partial charge is 0.0266 e. The first-order valence-corrected chi connectivity index (χ1v) is 6.75. The highest BCUT2D eigenvalue weighted by molar-refractivity contribution is 7.47. The molecular formula is C13H22ClP. The normalized spacial score (nSPS) is 10.6. The van der Waals surface area contributed by atoms with Crippen LogP contribution in [0.5, 0.6) is 0 Å². The third kappa shape index (κ3) is 6.17. The highest BCUT2D eigenvalue weighted by atomic mass is 35.5. The van der Waals surface area contributed by atoms with E-state index in [0.717, 1.165) is 8.58 Å². The molecule has 2 heteroatoms. The summed E-state index contributed by atoms with van der Waals surface area (Å²) in [5, 5.41) is 1.54. The van der Waals surface area contributed by atoms with Crippen LogP contribution in [0.25, 0.3) is 0 Å². The fraction of sp³-hybridized carbons (Fsp3) is 0.538. The Kier molecular flexibility index (Phi) is 8.10. The molecule has 0 amide bonds. The van der Waals surface area contributed by atoms with E-state index in [4.69, 9.17) is 0 Å². The number of rotatable bonds is 5. The number of aryl methyl sites for hydroxylation is 2. The van der Waals surface area contributed by atoms with Crippen LogP contribution < -0.4 is 5.30 Å². The monoisotopic (exact) mass is 244 g/mol. The van der Waals surface area contributed by atoms with E-state index in [1.54, 1.807) is 5.30 Å². The van der Waals surface area contributed by atoms with Crippen molar-refractivity contribution >= 4 is 26.3 Å². The zero-order valence-electron chi connectivity index (χ0n) is 9.97. The van der Waals surface area contributed by atoms with Gasteiger partial charge in [-0.05, 0) is 31.7 Å². The molecule has 0 spiro atoms. The maximum absolute atomic E-state index is 2.33. The molecule has 0 aliphatic rings. The fourth-order valence-corrected chi connectivity index (χ4v) is 3.06. The minimum Gasteiger partial charge on any atom is -0.147 e. The Bertz CT molecular complexity index is 264. The summed E-state index contributed by atoms with van der Waals surface area (Å²) in [7, 11) is 1.01. The van der Waals surface area contributed by atoms with Gasteiger partial charge in [0.05, 0.1) is 0 Å². The van der Waals surface area contributed by atoms with Gasteiger partial charge in [0, 0.05) is 0 Å². The topological polar surface area (TPSA) is 0 Å². The van der Waals surface area contributed by atoms with Crippen molar-refractivity contribution in [3.8, 4) is 0 Å². The van der Waals surface area contributed by atoms with Crippen LogP contribution >= 0.6 is 21.0 Å². The van der Waals surface area contributed by atoms with Crippen LogP contribution in [0.1, 0.15) is 37.3 Å². The van der Waals surface area contributed by atoms with Gasteiger partial charge in [0.25, 0.3) is 0 Å². The van der Waals surface area contributed by atoms with Crippen molar-refractivity contribution < 1.29 is 0 Å². The first-order valence-electron chi connectivity index (χ1n) is 5.54. The SMILES string of the molecule is CCCCCPc1cc(C)cc(C)c1.Cl. The van der Waals surface area contributed by atoms with E-state index in [9.17, 15) is 0 Å². The van der Waals surface area contributed by atoms with Crippen LogP contribution in [0.4, 0.5) is 0 Å². The number of halogens is 1. The van der Waals surface area contributed by atoms with Gasteiger partial charge in [0.1, 0.15) is 0 Å². The van der Waals surface area contributed by atoms with E-state index in [2.05, 4.69) is 39.0 Å². The Labute approximate surface area is 102 Å². The van der Waals surface area contributed by atoms with Crippen LogP contribution in [0.3, 0.4) is 0 Å². The summed E-state index contributed by atoms with van der Waals surface area (Å²) < 4.78 is 0. The van der Waals surface area contributed by atoms with Crippen molar-refractivity contribution in [3.05, 3.63) is 29.3 Å². The van der Waals surface area contributed by atoms with E-state index in [-0.39, 0.29) is 12.4 Å². The molecule has 0 aliphatic carbocycles. The largest absolute Gasteiger partial charge is 0.147 e. The third-order valence-corrected chi connectivity index (χ3v) is 3.63. The number of unbranched alkanes of at least 4 members (excludes halogenated alkanes) is 2. The molecule has 0 bridgehead atoms. The maximum Gasteiger partial charge on any atom is -0.0266 e. The molecule has 0 heterocycles.